The molecule has 150 valence electrons. The lowest BCUT2D eigenvalue weighted by Gasteiger charge is -2.40. The van der Waals surface area contributed by atoms with Crippen LogP contribution in [0.2, 0.25) is 0 Å². The Morgan fingerprint density at radius 1 is 1.00 bits per heavy atom. The van der Waals surface area contributed by atoms with E-state index >= 15 is 0 Å². The van der Waals surface area contributed by atoms with Gasteiger partial charge >= 0.3 is 0 Å². The molecule has 1 atom stereocenters. The summed E-state index contributed by atoms with van der Waals surface area (Å²) >= 11 is 3.38. The van der Waals surface area contributed by atoms with Gasteiger partial charge in [-0.2, -0.15) is 0 Å². The first-order chi connectivity index (χ1) is 14.0. The van der Waals surface area contributed by atoms with Crippen molar-refractivity contribution in [2.24, 2.45) is 0 Å². The maximum Gasteiger partial charge on any atom is 0.130 e. The molecule has 0 bridgehead atoms. The zero-order valence-corrected chi connectivity index (χ0v) is 17.5. The van der Waals surface area contributed by atoms with Gasteiger partial charge < -0.3 is 10.2 Å². The quantitative estimate of drug-likeness (QED) is 0.555. The molecule has 1 saturated heterocycles. The van der Waals surface area contributed by atoms with E-state index in [4.69, 9.17) is 0 Å². The molecular formula is C24H23BrFNO2. The zero-order valence-electron chi connectivity index (χ0n) is 15.9. The predicted octanol–water partition coefficient (Wildman–Crippen LogP) is 5.19. The molecule has 0 radical (unpaired) electrons. The SMILES string of the molecule is Oc1cc(F)cc(Br)c1CN1CCC[C@H]1C(O)(c1ccccc1)c1ccccc1. The number of benzene rings is 3. The molecule has 0 aliphatic carbocycles. The molecular weight excluding hydrogens is 433 g/mol. The van der Waals surface area contributed by atoms with E-state index in [0.717, 1.165) is 36.6 Å². The van der Waals surface area contributed by atoms with Crippen LogP contribution in [-0.2, 0) is 12.1 Å². The van der Waals surface area contributed by atoms with Gasteiger partial charge in [-0.1, -0.05) is 76.6 Å². The largest absolute Gasteiger partial charge is 0.507 e. The van der Waals surface area contributed by atoms with E-state index in [2.05, 4.69) is 20.8 Å². The highest BCUT2D eigenvalue weighted by molar-refractivity contribution is 9.10. The summed E-state index contributed by atoms with van der Waals surface area (Å²) in [6.45, 7) is 1.20. The van der Waals surface area contributed by atoms with E-state index in [1.807, 2.05) is 60.7 Å². The van der Waals surface area contributed by atoms with Crippen molar-refractivity contribution in [3.05, 3.63) is 99.8 Å². The number of aliphatic hydroxyl groups is 1. The summed E-state index contributed by atoms with van der Waals surface area (Å²) in [5.41, 5.74) is 1.11. The van der Waals surface area contributed by atoms with Crippen molar-refractivity contribution >= 4 is 15.9 Å². The highest BCUT2D eigenvalue weighted by Crippen LogP contribution is 2.42. The minimum atomic E-state index is -1.19. The number of rotatable bonds is 5. The van der Waals surface area contributed by atoms with Crippen LogP contribution in [-0.4, -0.2) is 27.7 Å². The van der Waals surface area contributed by atoms with Gasteiger partial charge in [0, 0.05) is 28.7 Å². The van der Waals surface area contributed by atoms with E-state index in [-0.39, 0.29) is 11.8 Å². The predicted molar refractivity (Wildman–Crippen MR) is 115 cm³/mol. The van der Waals surface area contributed by atoms with Gasteiger partial charge in [-0.15, -0.1) is 0 Å². The lowest BCUT2D eigenvalue weighted by Crippen LogP contribution is -2.48. The van der Waals surface area contributed by atoms with Crippen molar-refractivity contribution < 1.29 is 14.6 Å². The van der Waals surface area contributed by atoms with Crippen LogP contribution in [0.15, 0.2) is 77.3 Å². The fraction of sp³-hybridized carbons (Fsp3) is 0.250. The summed E-state index contributed by atoms with van der Waals surface area (Å²) in [6.07, 6.45) is 1.76. The van der Waals surface area contributed by atoms with Gasteiger partial charge in [0.15, 0.2) is 0 Å². The second kappa shape index (κ2) is 8.27. The van der Waals surface area contributed by atoms with E-state index in [1.165, 1.54) is 6.07 Å². The molecule has 3 nitrogen and oxygen atoms in total. The second-order valence-electron chi connectivity index (χ2n) is 7.51. The molecule has 0 saturated carbocycles. The standard InChI is InChI=1S/C24H23BrFNO2/c25-21-14-19(26)15-22(28)20(21)16-27-13-7-12-23(27)24(29,17-8-3-1-4-9-17)18-10-5-2-6-11-18/h1-6,8-11,14-15,23,28-29H,7,12-13,16H2/t23-/m0/s1. The molecule has 0 aromatic heterocycles. The number of hydrogen-bond acceptors (Lipinski definition) is 3. The van der Waals surface area contributed by atoms with Crippen molar-refractivity contribution in [1.29, 1.82) is 0 Å². The second-order valence-corrected chi connectivity index (χ2v) is 8.37. The average Bonchev–Trinajstić information content (AvgIpc) is 3.20. The van der Waals surface area contributed by atoms with E-state index < -0.39 is 11.4 Å². The molecule has 3 aromatic rings. The highest BCUT2D eigenvalue weighted by atomic mass is 79.9. The van der Waals surface area contributed by atoms with Crippen molar-refractivity contribution in [2.45, 2.75) is 31.0 Å². The van der Waals surface area contributed by atoms with Crippen molar-refractivity contribution in [2.75, 3.05) is 6.54 Å². The third-order valence-electron chi connectivity index (χ3n) is 5.77. The Morgan fingerprint density at radius 2 is 1.59 bits per heavy atom. The molecule has 0 amide bonds. The van der Waals surface area contributed by atoms with E-state index in [9.17, 15) is 14.6 Å². The first-order valence-corrected chi connectivity index (χ1v) is 10.5. The van der Waals surface area contributed by atoms with Crippen LogP contribution in [0, 0.1) is 5.82 Å². The van der Waals surface area contributed by atoms with Crippen molar-refractivity contribution in [1.82, 2.24) is 4.90 Å². The number of likely N-dealkylation sites (tertiary alicyclic amines) is 1. The molecule has 1 fully saturated rings. The molecule has 4 rings (SSSR count). The van der Waals surface area contributed by atoms with Crippen LogP contribution < -0.4 is 0 Å². The summed E-state index contributed by atoms with van der Waals surface area (Å²) in [4.78, 5) is 2.18. The molecule has 2 N–H and O–H groups in total. The number of aromatic hydroxyl groups is 1. The Balaban J connectivity index is 1.75. The van der Waals surface area contributed by atoms with Crippen molar-refractivity contribution in [3.63, 3.8) is 0 Å². The maximum absolute atomic E-state index is 13.6. The topological polar surface area (TPSA) is 43.7 Å². The van der Waals surface area contributed by atoms with E-state index in [0.29, 0.717) is 16.6 Å². The number of hydrogen-bond donors (Lipinski definition) is 2. The minimum absolute atomic E-state index is 0.0783. The smallest absolute Gasteiger partial charge is 0.130 e. The van der Waals surface area contributed by atoms with E-state index in [1.54, 1.807) is 0 Å². The lowest BCUT2D eigenvalue weighted by molar-refractivity contribution is -0.00679. The Morgan fingerprint density at radius 3 is 2.14 bits per heavy atom. The third-order valence-corrected chi connectivity index (χ3v) is 6.48. The Hall–Kier alpha value is -2.21. The number of phenols is 1. The van der Waals surface area contributed by atoms with Gasteiger partial charge in [-0.05, 0) is 36.6 Å². The molecule has 29 heavy (non-hydrogen) atoms. The van der Waals surface area contributed by atoms with Gasteiger partial charge in [0.2, 0.25) is 0 Å². The Bertz CT molecular complexity index is 918. The monoisotopic (exact) mass is 455 g/mol. The van der Waals surface area contributed by atoms with Crippen LogP contribution >= 0.6 is 15.9 Å². The first kappa shape index (κ1) is 20.1. The number of nitrogens with zero attached hydrogens (tertiary/aromatic N) is 1. The Kier molecular flexibility index (Phi) is 5.72. The maximum atomic E-state index is 13.6. The van der Waals surface area contributed by atoms with Crippen LogP contribution in [0.3, 0.4) is 0 Å². The van der Waals surface area contributed by atoms with Crippen LogP contribution in [0.1, 0.15) is 29.5 Å². The lowest BCUT2D eigenvalue weighted by atomic mass is 9.79. The first-order valence-electron chi connectivity index (χ1n) is 9.74. The van der Waals surface area contributed by atoms with Gasteiger partial charge in [0.25, 0.3) is 0 Å². The average molecular weight is 456 g/mol. The Labute approximate surface area is 178 Å². The van der Waals surface area contributed by atoms with Gasteiger partial charge in [0.05, 0.1) is 0 Å². The summed E-state index contributed by atoms with van der Waals surface area (Å²) < 4.78 is 14.1. The third kappa shape index (κ3) is 3.82. The van der Waals surface area contributed by atoms with Gasteiger partial charge in [0.1, 0.15) is 17.2 Å². The van der Waals surface area contributed by atoms with Gasteiger partial charge in [-0.3, -0.25) is 4.90 Å². The summed E-state index contributed by atoms with van der Waals surface area (Å²) in [5.74, 6) is -0.563. The van der Waals surface area contributed by atoms with Crippen LogP contribution in [0.25, 0.3) is 0 Å². The fourth-order valence-electron chi connectivity index (χ4n) is 4.37. The molecule has 0 unspecified atom stereocenters. The molecule has 1 aliphatic rings. The number of halogens is 2. The van der Waals surface area contributed by atoms with Gasteiger partial charge in [-0.25, -0.2) is 4.39 Å². The fourth-order valence-corrected chi connectivity index (χ4v) is 4.92. The molecule has 0 spiro atoms. The molecule has 3 aromatic carbocycles. The molecule has 1 aliphatic heterocycles. The molecule has 5 heteroatoms. The number of phenolic OH excluding ortho intramolecular Hbond substituents is 1. The summed E-state index contributed by atoms with van der Waals surface area (Å²) in [7, 11) is 0. The van der Waals surface area contributed by atoms with Crippen LogP contribution in [0.4, 0.5) is 4.39 Å². The zero-order chi connectivity index (χ0) is 20.4. The highest BCUT2D eigenvalue weighted by Gasteiger charge is 2.45. The van der Waals surface area contributed by atoms with Crippen molar-refractivity contribution in [3.8, 4) is 5.75 Å². The van der Waals surface area contributed by atoms with Crippen LogP contribution in [0.5, 0.6) is 5.75 Å². The summed E-state index contributed by atoms with van der Waals surface area (Å²) in [6, 6.07) is 21.7. The summed E-state index contributed by atoms with van der Waals surface area (Å²) in [5, 5.41) is 22.4. The molecule has 1 heterocycles. The minimum Gasteiger partial charge on any atom is -0.507 e. The normalized spacial score (nSPS) is 17.6.